The van der Waals surface area contributed by atoms with Crippen molar-refractivity contribution in [2.45, 2.75) is 52.8 Å². The first-order valence-corrected chi connectivity index (χ1v) is 12.6. The molecule has 0 unspecified atom stereocenters. The summed E-state index contributed by atoms with van der Waals surface area (Å²) in [7, 11) is 0. The summed E-state index contributed by atoms with van der Waals surface area (Å²) in [6, 6.07) is 20.5. The molecule has 2 aromatic carbocycles. The number of fused-ring (bicyclic) bond motifs is 1. The highest BCUT2D eigenvalue weighted by Crippen LogP contribution is 2.37. The number of hydrogen-bond donors (Lipinski definition) is 0. The molecule has 0 atom stereocenters. The van der Waals surface area contributed by atoms with E-state index in [0.717, 1.165) is 33.7 Å². The second-order valence-electron chi connectivity index (χ2n) is 9.83. The fourth-order valence-corrected chi connectivity index (χ4v) is 4.64. The Bertz CT molecular complexity index is 1340. The smallest absolute Gasteiger partial charge is 0.273 e. The topological polar surface area (TPSA) is 60.3 Å². The zero-order chi connectivity index (χ0) is 25.2. The lowest BCUT2D eigenvalue weighted by atomic mass is 9.98. The number of pyridine rings is 1. The van der Waals surface area contributed by atoms with Gasteiger partial charge in [-0.1, -0.05) is 50.2 Å². The van der Waals surface area contributed by atoms with Gasteiger partial charge in [0.2, 0.25) is 0 Å². The van der Waals surface area contributed by atoms with Gasteiger partial charge in [-0.25, -0.2) is 0 Å². The average molecular weight is 481 g/mol. The van der Waals surface area contributed by atoms with Gasteiger partial charge in [0.15, 0.2) is 0 Å². The molecule has 0 aliphatic carbocycles. The highest BCUT2D eigenvalue weighted by atomic mass is 16.5. The molecule has 36 heavy (non-hydrogen) atoms. The van der Waals surface area contributed by atoms with Gasteiger partial charge in [-0.05, 0) is 60.7 Å². The van der Waals surface area contributed by atoms with E-state index in [1.54, 1.807) is 12.4 Å². The van der Waals surface area contributed by atoms with Crippen LogP contribution in [0.3, 0.4) is 0 Å². The average Bonchev–Trinajstić information content (AvgIpc) is 3.29. The Morgan fingerprint density at radius 1 is 0.861 bits per heavy atom. The van der Waals surface area contributed by atoms with Gasteiger partial charge in [0.05, 0.1) is 6.54 Å². The summed E-state index contributed by atoms with van der Waals surface area (Å²) in [5, 5.41) is 4.87. The molecule has 184 valence electrons. The van der Waals surface area contributed by atoms with E-state index in [9.17, 15) is 4.79 Å². The molecule has 6 heteroatoms. The first-order chi connectivity index (χ1) is 17.4. The summed E-state index contributed by atoms with van der Waals surface area (Å²) >= 11 is 0. The first kappa shape index (κ1) is 23.8. The van der Waals surface area contributed by atoms with Crippen LogP contribution in [-0.2, 0) is 13.2 Å². The van der Waals surface area contributed by atoms with Crippen LogP contribution in [0, 0.1) is 0 Å². The summed E-state index contributed by atoms with van der Waals surface area (Å²) < 4.78 is 7.92. The Morgan fingerprint density at radius 3 is 2.19 bits per heavy atom. The number of hydrogen-bond acceptors (Lipinski definition) is 4. The van der Waals surface area contributed by atoms with Crippen LogP contribution in [0.5, 0.6) is 5.75 Å². The number of rotatable bonds is 7. The minimum absolute atomic E-state index is 0.0178. The van der Waals surface area contributed by atoms with Crippen molar-refractivity contribution in [2.75, 3.05) is 6.54 Å². The fraction of sp³-hybridized carbons (Fsp3) is 0.300. The number of aromatic nitrogens is 3. The predicted octanol–water partition coefficient (Wildman–Crippen LogP) is 6.18. The Kier molecular flexibility index (Phi) is 6.59. The van der Waals surface area contributed by atoms with E-state index in [1.807, 2.05) is 46.0 Å². The largest absolute Gasteiger partial charge is 0.489 e. The molecule has 6 nitrogen and oxygen atoms in total. The van der Waals surface area contributed by atoms with Crippen molar-refractivity contribution >= 4 is 5.91 Å². The lowest BCUT2D eigenvalue weighted by molar-refractivity contribution is 0.0642. The number of amides is 1. The molecule has 5 rings (SSSR count). The maximum atomic E-state index is 13.5. The van der Waals surface area contributed by atoms with E-state index in [4.69, 9.17) is 9.84 Å². The maximum absolute atomic E-state index is 13.5. The molecular formula is C30H32N4O2. The van der Waals surface area contributed by atoms with Crippen LogP contribution in [0.25, 0.3) is 22.4 Å². The highest BCUT2D eigenvalue weighted by molar-refractivity contribution is 6.03. The van der Waals surface area contributed by atoms with Crippen molar-refractivity contribution in [3.8, 4) is 28.1 Å². The minimum Gasteiger partial charge on any atom is -0.489 e. The molecule has 2 aromatic heterocycles. The summed E-state index contributed by atoms with van der Waals surface area (Å²) in [4.78, 5) is 19.6. The van der Waals surface area contributed by atoms with Gasteiger partial charge in [-0.3, -0.25) is 14.5 Å². The monoisotopic (exact) mass is 480 g/mol. The standard InChI is InChI=1S/C30H32N4O2/c1-20(2)23-7-5-22(6-8-23)19-36-26-11-9-24(10-12-26)27-28(25-13-15-31-16-14-25)32-34-18-17-33(21(3)4)30(35)29(27)34/h5-16,20-21H,17-19H2,1-4H3. The van der Waals surface area contributed by atoms with Gasteiger partial charge in [0, 0.05) is 36.1 Å². The molecule has 1 aliphatic heterocycles. The van der Waals surface area contributed by atoms with E-state index < -0.39 is 0 Å². The van der Waals surface area contributed by atoms with E-state index in [1.165, 1.54) is 5.56 Å². The molecule has 0 saturated carbocycles. The normalized spacial score (nSPS) is 13.4. The van der Waals surface area contributed by atoms with Gasteiger partial charge >= 0.3 is 0 Å². The Hall–Kier alpha value is -3.93. The number of nitrogens with zero attached hydrogens (tertiary/aromatic N) is 4. The van der Waals surface area contributed by atoms with E-state index in [-0.39, 0.29) is 11.9 Å². The molecule has 0 saturated heterocycles. The molecule has 0 radical (unpaired) electrons. The second kappa shape index (κ2) is 9.97. The van der Waals surface area contributed by atoms with Gasteiger partial charge in [-0.15, -0.1) is 0 Å². The quantitative estimate of drug-likeness (QED) is 0.317. The molecule has 4 aromatic rings. The number of carbonyl (C=O) groups is 1. The summed E-state index contributed by atoms with van der Waals surface area (Å²) in [5.74, 6) is 1.32. The molecule has 0 bridgehead atoms. The van der Waals surface area contributed by atoms with E-state index >= 15 is 0 Å². The summed E-state index contributed by atoms with van der Waals surface area (Å²) in [6.45, 7) is 10.3. The molecule has 1 amide bonds. The Balaban J connectivity index is 1.45. The van der Waals surface area contributed by atoms with Crippen LogP contribution >= 0.6 is 0 Å². The van der Waals surface area contributed by atoms with Crippen molar-refractivity contribution in [2.24, 2.45) is 0 Å². The van der Waals surface area contributed by atoms with Gasteiger partial charge in [-0.2, -0.15) is 5.10 Å². The van der Waals surface area contributed by atoms with Crippen molar-refractivity contribution in [3.05, 3.63) is 89.9 Å². The highest BCUT2D eigenvalue weighted by Gasteiger charge is 2.33. The third-order valence-corrected chi connectivity index (χ3v) is 6.74. The van der Waals surface area contributed by atoms with Crippen molar-refractivity contribution in [3.63, 3.8) is 0 Å². The van der Waals surface area contributed by atoms with Crippen molar-refractivity contribution in [1.82, 2.24) is 19.7 Å². The molecule has 0 spiro atoms. The van der Waals surface area contributed by atoms with Crippen LogP contribution in [0.4, 0.5) is 0 Å². The molecule has 0 fully saturated rings. The van der Waals surface area contributed by atoms with Crippen LogP contribution in [0.1, 0.15) is 55.2 Å². The molecule has 3 heterocycles. The summed E-state index contributed by atoms with van der Waals surface area (Å²) in [6.07, 6.45) is 3.51. The zero-order valence-electron chi connectivity index (χ0n) is 21.3. The van der Waals surface area contributed by atoms with Crippen LogP contribution in [-0.4, -0.2) is 38.2 Å². The number of benzene rings is 2. The van der Waals surface area contributed by atoms with Crippen LogP contribution < -0.4 is 4.74 Å². The minimum atomic E-state index is 0.0178. The Labute approximate surface area is 212 Å². The molecular weight excluding hydrogens is 448 g/mol. The maximum Gasteiger partial charge on any atom is 0.273 e. The Morgan fingerprint density at radius 2 is 1.56 bits per heavy atom. The van der Waals surface area contributed by atoms with Gasteiger partial charge < -0.3 is 9.64 Å². The van der Waals surface area contributed by atoms with E-state index in [0.29, 0.717) is 31.3 Å². The van der Waals surface area contributed by atoms with E-state index in [2.05, 4.69) is 56.9 Å². The predicted molar refractivity (Wildman–Crippen MR) is 142 cm³/mol. The third kappa shape index (κ3) is 4.63. The zero-order valence-corrected chi connectivity index (χ0v) is 21.3. The second-order valence-corrected chi connectivity index (χ2v) is 9.83. The molecule has 0 N–H and O–H groups in total. The van der Waals surface area contributed by atoms with Gasteiger partial charge in [0.1, 0.15) is 23.7 Å². The first-order valence-electron chi connectivity index (χ1n) is 12.6. The number of carbonyl (C=O) groups excluding carboxylic acids is 1. The third-order valence-electron chi connectivity index (χ3n) is 6.74. The fourth-order valence-electron chi connectivity index (χ4n) is 4.64. The van der Waals surface area contributed by atoms with Gasteiger partial charge in [0.25, 0.3) is 5.91 Å². The SMILES string of the molecule is CC(C)c1ccc(COc2ccc(-c3c(-c4ccncc4)nn4c3C(=O)N(C(C)C)CC4)cc2)cc1. The summed E-state index contributed by atoms with van der Waals surface area (Å²) in [5.41, 5.74) is 6.63. The van der Waals surface area contributed by atoms with Crippen molar-refractivity contribution in [1.29, 1.82) is 0 Å². The lowest BCUT2D eigenvalue weighted by Gasteiger charge is -2.31. The number of ether oxygens (including phenoxy) is 1. The van der Waals surface area contributed by atoms with Crippen molar-refractivity contribution < 1.29 is 9.53 Å². The molecule has 1 aliphatic rings. The van der Waals surface area contributed by atoms with Crippen LogP contribution in [0.2, 0.25) is 0 Å². The lowest BCUT2D eigenvalue weighted by Crippen LogP contribution is -2.44. The van der Waals surface area contributed by atoms with Crippen LogP contribution in [0.15, 0.2) is 73.1 Å².